The third-order valence-corrected chi connectivity index (χ3v) is 6.41. The summed E-state index contributed by atoms with van der Waals surface area (Å²) in [6.07, 6.45) is 1.60. The molecule has 0 aliphatic heterocycles. The molecule has 0 unspecified atom stereocenters. The van der Waals surface area contributed by atoms with E-state index in [4.69, 9.17) is 28.2 Å². The van der Waals surface area contributed by atoms with E-state index in [1.54, 1.807) is 24.4 Å². The minimum Gasteiger partial charge on any atom is -0.307 e. The molecule has 0 atom stereocenters. The number of carbonyl (C=O) groups is 1. The molecule has 0 bridgehead atoms. The molecule has 0 saturated carbocycles. The van der Waals surface area contributed by atoms with Gasteiger partial charge in [-0.2, -0.15) is 0 Å². The summed E-state index contributed by atoms with van der Waals surface area (Å²) in [5.41, 5.74) is 5.41. The summed E-state index contributed by atoms with van der Waals surface area (Å²) in [4.78, 5) is 22.6. The van der Waals surface area contributed by atoms with Crippen molar-refractivity contribution in [3.8, 4) is 22.6 Å². The number of rotatable bonds is 6. The molecule has 2 N–H and O–H groups in total. The van der Waals surface area contributed by atoms with Crippen LogP contribution in [-0.2, 0) is 0 Å². The number of aromatic nitrogens is 2. The van der Waals surface area contributed by atoms with Crippen LogP contribution in [-0.4, -0.2) is 16.0 Å². The van der Waals surface area contributed by atoms with Crippen molar-refractivity contribution in [2.75, 3.05) is 10.6 Å². The standard InChI is InChI=1S/C29H28Cl2N4O/c1-17(2)21-11-8-12-22(18(3)4)26(21)35-29(36)33-25-16-32-28(19-9-6-5-7-10-19)34-27(25)23-14-13-20(30)15-24(23)31/h5-18H,1-4H3,(H2,33,35,36). The van der Waals surface area contributed by atoms with Gasteiger partial charge in [0.05, 0.1) is 22.6 Å². The highest BCUT2D eigenvalue weighted by Gasteiger charge is 2.19. The zero-order chi connectivity index (χ0) is 25.8. The molecule has 0 aliphatic carbocycles. The highest BCUT2D eigenvalue weighted by Crippen LogP contribution is 2.36. The second-order valence-corrected chi connectivity index (χ2v) is 9.99. The van der Waals surface area contributed by atoms with Crippen molar-refractivity contribution in [3.05, 3.63) is 94.1 Å². The van der Waals surface area contributed by atoms with Crippen LogP contribution in [0.25, 0.3) is 22.6 Å². The SMILES string of the molecule is CC(C)c1cccc(C(C)C)c1NC(=O)Nc1cnc(-c2ccccc2)nc1-c1ccc(Cl)cc1Cl. The fraction of sp³-hybridized carbons (Fsp3) is 0.207. The first kappa shape index (κ1) is 25.7. The molecule has 3 aromatic carbocycles. The zero-order valence-electron chi connectivity index (χ0n) is 20.6. The van der Waals surface area contributed by atoms with Gasteiger partial charge >= 0.3 is 6.03 Å². The Balaban J connectivity index is 1.74. The summed E-state index contributed by atoms with van der Waals surface area (Å²) in [5, 5.41) is 6.96. The number of halogens is 2. The number of amides is 2. The van der Waals surface area contributed by atoms with Crippen LogP contribution in [0.15, 0.2) is 72.9 Å². The van der Waals surface area contributed by atoms with Crippen molar-refractivity contribution < 1.29 is 4.79 Å². The molecule has 0 aliphatic rings. The predicted octanol–water partition coefficient (Wildman–Crippen LogP) is 9.01. The Bertz CT molecular complexity index is 1360. The molecule has 1 aromatic heterocycles. The maximum absolute atomic E-state index is 13.3. The number of nitrogens with one attached hydrogen (secondary N) is 2. The van der Waals surface area contributed by atoms with Crippen LogP contribution in [0.5, 0.6) is 0 Å². The summed E-state index contributed by atoms with van der Waals surface area (Å²) in [6.45, 7) is 8.44. The number of anilines is 2. The second kappa shape index (κ2) is 11.1. The molecule has 0 saturated heterocycles. The van der Waals surface area contributed by atoms with Crippen molar-refractivity contribution in [2.24, 2.45) is 0 Å². The lowest BCUT2D eigenvalue weighted by Crippen LogP contribution is -2.22. The van der Waals surface area contributed by atoms with Gasteiger partial charge in [-0.25, -0.2) is 14.8 Å². The number of carbonyl (C=O) groups excluding carboxylic acids is 1. The number of benzene rings is 3. The molecule has 5 nitrogen and oxygen atoms in total. The average molecular weight is 519 g/mol. The maximum Gasteiger partial charge on any atom is 0.323 e. The molecular formula is C29H28Cl2N4O. The van der Waals surface area contributed by atoms with Gasteiger partial charge in [0.1, 0.15) is 0 Å². The van der Waals surface area contributed by atoms with Gasteiger partial charge in [-0.3, -0.25) is 0 Å². The Labute approximate surface area is 221 Å². The Hall–Kier alpha value is -3.41. The van der Waals surface area contributed by atoms with Gasteiger partial charge in [-0.05, 0) is 41.2 Å². The third-order valence-electron chi connectivity index (χ3n) is 5.87. The van der Waals surface area contributed by atoms with Crippen LogP contribution in [0.3, 0.4) is 0 Å². The van der Waals surface area contributed by atoms with E-state index in [0.717, 1.165) is 22.4 Å². The summed E-state index contributed by atoms with van der Waals surface area (Å²) in [6, 6.07) is 20.6. The van der Waals surface area contributed by atoms with Crippen LogP contribution in [0.2, 0.25) is 10.0 Å². The van der Waals surface area contributed by atoms with Crippen LogP contribution >= 0.6 is 23.2 Å². The molecule has 36 heavy (non-hydrogen) atoms. The van der Waals surface area contributed by atoms with Gasteiger partial charge in [0, 0.05) is 21.8 Å². The zero-order valence-corrected chi connectivity index (χ0v) is 22.2. The predicted molar refractivity (Wildman–Crippen MR) is 150 cm³/mol. The van der Waals surface area contributed by atoms with Crippen molar-refractivity contribution >= 4 is 40.6 Å². The van der Waals surface area contributed by atoms with Gasteiger partial charge in [-0.15, -0.1) is 0 Å². The maximum atomic E-state index is 13.3. The Morgan fingerprint density at radius 3 is 2.11 bits per heavy atom. The van der Waals surface area contributed by atoms with Gasteiger partial charge in [-0.1, -0.05) is 99.4 Å². The molecule has 4 aromatic rings. The molecule has 7 heteroatoms. The van der Waals surface area contributed by atoms with Crippen LogP contribution in [0.1, 0.15) is 50.7 Å². The quantitative estimate of drug-likeness (QED) is 0.267. The second-order valence-electron chi connectivity index (χ2n) is 9.15. The Morgan fingerprint density at radius 2 is 1.50 bits per heavy atom. The average Bonchev–Trinajstić information content (AvgIpc) is 2.85. The summed E-state index contributed by atoms with van der Waals surface area (Å²) in [7, 11) is 0. The molecule has 0 spiro atoms. The van der Waals surface area contributed by atoms with Crippen LogP contribution < -0.4 is 10.6 Å². The first-order chi connectivity index (χ1) is 17.2. The van der Waals surface area contributed by atoms with E-state index >= 15 is 0 Å². The minimum atomic E-state index is -0.382. The first-order valence-electron chi connectivity index (χ1n) is 11.8. The summed E-state index contributed by atoms with van der Waals surface area (Å²) >= 11 is 12.7. The number of urea groups is 1. The molecule has 4 rings (SSSR count). The van der Waals surface area contributed by atoms with E-state index in [1.807, 2.05) is 48.5 Å². The van der Waals surface area contributed by atoms with E-state index in [1.165, 1.54) is 0 Å². The normalized spacial score (nSPS) is 11.1. The fourth-order valence-corrected chi connectivity index (χ4v) is 4.55. The van der Waals surface area contributed by atoms with Crippen molar-refractivity contribution in [3.63, 3.8) is 0 Å². The molecule has 0 fully saturated rings. The van der Waals surface area contributed by atoms with E-state index in [-0.39, 0.29) is 17.9 Å². The number of nitrogens with zero attached hydrogens (tertiary/aromatic N) is 2. The smallest absolute Gasteiger partial charge is 0.307 e. The fourth-order valence-electron chi connectivity index (χ4n) is 4.05. The first-order valence-corrected chi connectivity index (χ1v) is 12.6. The van der Waals surface area contributed by atoms with E-state index < -0.39 is 0 Å². The van der Waals surface area contributed by atoms with Gasteiger partial charge < -0.3 is 10.6 Å². The van der Waals surface area contributed by atoms with E-state index in [0.29, 0.717) is 32.8 Å². The molecular weight excluding hydrogens is 491 g/mol. The minimum absolute atomic E-state index is 0.246. The molecule has 2 amide bonds. The molecule has 0 radical (unpaired) electrons. The number of hydrogen-bond acceptors (Lipinski definition) is 3. The van der Waals surface area contributed by atoms with Crippen molar-refractivity contribution in [2.45, 2.75) is 39.5 Å². The monoisotopic (exact) mass is 518 g/mol. The summed E-state index contributed by atoms with van der Waals surface area (Å²) < 4.78 is 0. The highest BCUT2D eigenvalue weighted by molar-refractivity contribution is 6.36. The number of para-hydroxylation sites is 1. The third kappa shape index (κ3) is 5.69. The highest BCUT2D eigenvalue weighted by atomic mass is 35.5. The van der Waals surface area contributed by atoms with Gasteiger partial charge in [0.2, 0.25) is 0 Å². The summed E-state index contributed by atoms with van der Waals surface area (Å²) in [5.74, 6) is 1.02. The van der Waals surface area contributed by atoms with Crippen molar-refractivity contribution in [1.29, 1.82) is 0 Å². The Morgan fingerprint density at radius 1 is 0.833 bits per heavy atom. The number of hydrogen-bond donors (Lipinski definition) is 2. The lowest BCUT2D eigenvalue weighted by Gasteiger charge is -2.21. The molecule has 1 heterocycles. The van der Waals surface area contributed by atoms with Crippen LogP contribution in [0.4, 0.5) is 16.2 Å². The largest absolute Gasteiger partial charge is 0.323 e. The topological polar surface area (TPSA) is 66.9 Å². The van der Waals surface area contributed by atoms with E-state index in [9.17, 15) is 4.79 Å². The van der Waals surface area contributed by atoms with Crippen molar-refractivity contribution in [1.82, 2.24) is 9.97 Å². The molecule has 184 valence electrons. The van der Waals surface area contributed by atoms with Gasteiger partial charge in [0.15, 0.2) is 5.82 Å². The van der Waals surface area contributed by atoms with Gasteiger partial charge in [0.25, 0.3) is 0 Å². The Kier molecular flexibility index (Phi) is 7.92. The van der Waals surface area contributed by atoms with E-state index in [2.05, 4.69) is 43.3 Å². The lowest BCUT2D eigenvalue weighted by molar-refractivity contribution is 0.262. The lowest BCUT2D eigenvalue weighted by atomic mass is 9.93. The van der Waals surface area contributed by atoms with Crippen LogP contribution in [0, 0.1) is 0 Å².